The summed E-state index contributed by atoms with van der Waals surface area (Å²) in [5.41, 5.74) is 0.281. The lowest BCUT2D eigenvalue weighted by Crippen LogP contribution is -2.28. The molecule has 31 heavy (non-hydrogen) atoms. The molecule has 2 aromatic rings. The van der Waals surface area contributed by atoms with Gasteiger partial charge in [0.25, 0.3) is 0 Å². The van der Waals surface area contributed by atoms with Crippen LogP contribution in [-0.4, -0.2) is 29.0 Å². The minimum Gasteiger partial charge on any atom is -0.481 e. The van der Waals surface area contributed by atoms with E-state index in [1.807, 2.05) is 0 Å². The average Bonchev–Trinajstić information content (AvgIpc) is 2.75. The molecule has 0 bridgehead atoms. The molecule has 162 valence electrons. The largest absolute Gasteiger partial charge is 0.481 e. The second-order valence-corrected chi connectivity index (χ2v) is 7.29. The van der Waals surface area contributed by atoms with Gasteiger partial charge in [0.15, 0.2) is 0 Å². The van der Waals surface area contributed by atoms with Crippen molar-refractivity contribution < 1.29 is 38.5 Å². The van der Waals surface area contributed by atoms with Gasteiger partial charge in [-0.05, 0) is 74.2 Å². The van der Waals surface area contributed by atoms with Crippen LogP contribution in [0.3, 0.4) is 0 Å². The van der Waals surface area contributed by atoms with Crippen LogP contribution in [0.2, 0.25) is 0 Å². The number of esters is 3. The van der Waals surface area contributed by atoms with Crippen molar-refractivity contribution in [2.75, 3.05) is 0 Å². The normalized spacial score (nSPS) is 18.0. The maximum absolute atomic E-state index is 12.3. The molecule has 1 fully saturated rings. The number of carbonyl (C=O) groups is 4. The standard InChI is InChI=1S/C23H22O8/c1-14(24)29-18-8-6-17(7-9-18)23(28)31-20-12-10-19(11-13-20)30-22(27)16-4-2-15(3-5-16)21(25)26/h6-13,15-16H,2-5H2,1H3,(H,25,26). The quantitative estimate of drug-likeness (QED) is 0.550. The molecule has 1 aliphatic carbocycles. The lowest BCUT2D eigenvalue weighted by atomic mass is 9.82. The third-order valence-electron chi connectivity index (χ3n) is 5.01. The molecule has 8 heteroatoms. The van der Waals surface area contributed by atoms with Gasteiger partial charge in [0, 0.05) is 6.92 Å². The van der Waals surface area contributed by atoms with E-state index in [1.54, 1.807) is 0 Å². The van der Waals surface area contributed by atoms with Gasteiger partial charge in [0.1, 0.15) is 17.2 Å². The molecule has 1 aliphatic rings. The summed E-state index contributed by atoms with van der Waals surface area (Å²) in [5, 5.41) is 9.03. The Morgan fingerprint density at radius 1 is 0.710 bits per heavy atom. The van der Waals surface area contributed by atoms with Gasteiger partial charge >= 0.3 is 23.9 Å². The summed E-state index contributed by atoms with van der Waals surface area (Å²) >= 11 is 0. The third-order valence-corrected chi connectivity index (χ3v) is 5.01. The van der Waals surface area contributed by atoms with Crippen molar-refractivity contribution >= 4 is 23.9 Å². The van der Waals surface area contributed by atoms with Crippen LogP contribution in [0.15, 0.2) is 48.5 Å². The maximum atomic E-state index is 12.3. The van der Waals surface area contributed by atoms with E-state index < -0.39 is 23.8 Å². The number of benzene rings is 2. The molecule has 0 saturated heterocycles. The van der Waals surface area contributed by atoms with E-state index in [0.29, 0.717) is 37.2 Å². The molecular weight excluding hydrogens is 404 g/mol. The van der Waals surface area contributed by atoms with Crippen molar-refractivity contribution in [1.82, 2.24) is 0 Å². The molecule has 0 heterocycles. The van der Waals surface area contributed by atoms with Crippen LogP contribution in [0.25, 0.3) is 0 Å². The second kappa shape index (κ2) is 9.88. The highest BCUT2D eigenvalue weighted by molar-refractivity contribution is 5.91. The molecule has 0 aliphatic heterocycles. The monoisotopic (exact) mass is 426 g/mol. The molecule has 0 unspecified atom stereocenters. The predicted molar refractivity (Wildman–Crippen MR) is 108 cm³/mol. The number of carboxylic acids is 1. The maximum Gasteiger partial charge on any atom is 0.343 e. The van der Waals surface area contributed by atoms with Gasteiger partial charge in [-0.3, -0.25) is 14.4 Å². The fourth-order valence-corrected chi connectivity index (χ4v) is 3.34. The number of ether oxygens (including phenoxy) is 3. The van der Waals surface area contributed by atoms with Crippen LogP contribution in [0.4, 0.5) is 0 Å². The molecule has 1 saturated carbocycles. The van der Waals surface area contributed by atoms with Gasteiger partial charge in [-0.2, -0.15) is 0 Å². The minimum atomic E-state index is -0.822. The van der Waals surface area contributed by atoms with Gasteiger partial charge in [0.05, 0.1) is 17.4 Å². The lowest BCUT2D eigenvalue weighted by Gasteiger charge is -2.24. The van der Waals surface area contributed by atoms with Crippen molar-refractivity contribution in [3.63, 3.8) is 0 Å². The van der Waals surface area contributed by atoms with E-state index in [-0.39, 0.29) is 23.2 Å². The van der Waals surface area contributed by atoms with Crippen molar-refractivity contribution in [2.24, 2.45) is 11.8 Å². The number of hydrogen-bond donors (Lipinski definition) is 1. The first-order valence-corrected chi connectivity index (χ1v) is 9.87. The van der Waals surface area contributed by atoms with Crippen molar-refractivity contribution in [3.8, 4) is 17.2 Å². The Bertz CT molecular complexity index is 954. The van der Waals surface area contributed by atoms with E-state index in [1.165, 1.54) is 55.5 Å². The average molecular weight is 426 g/mol. The van der Waals surface area contributed by atoms with Crippen molar-refractivity contribution in [1.29, 1.82) is 0 Å². The molecule has 0 radical (unpaired) electrons. The van der Waals surface area contributed by atoms with Gasteiger partial charge in [-0.15, -0.1) is 0 Å². The van der Waals surface area contributed by atoms with Gasteiger partial charge < -0.3 is 19.3 Å². The summed E-state index contributed by atoms with van der Waals surface area (Å²) in [4.78, 5) is 46.5. The number of carboxylic acid groups (broad SMARTS) is 1. The molecule has 3 rings (SSSR count). The number of aliphatic carboxylic acids is 1. The Kier molecular flexibility index (Phi) is 7.02. The summed E-state index contributed by atoms with van der Waals surface area (Å²) in [5.74, 6) is -2.05. The molecule has 0 atom stereocenters. The van der Waals surface area contributed by atoms with E-state index in [9.17, 15) is 19.2 Å². The molecule has 8 nitrogen and oxygen atoms in total. The van der Waals surface area contributed by atoms with E-state index >= 15 is 0 Å². The fourth-order valence-electron chi connectivity index (χ4n) is 3.34. The zero-order chi connectivity index (χ0) is 22.4. The summed E-state index contributed by atoms with van der Waals surface area (Å²) in [6, 6.07) is 12.0. The number of rotatable bonds is 6. The van der Waals surface area contributed by atoms with Crippen LogP contribution in [0.5, 0.6) is 17.2 Å². The fraction of sp³-hybridized carbons (Fsp3) is 0.304. The minimum absolute atomic E-state index is 0.274. The van der Waals surface area contributed by atoms with Gasteiger partial charge in [0.2, 0.25) is 0 Å². The Hall–Kier alpha value is -3.68. The zero-order valence-corrected chi connectivity index (χ0v) is 16.9. The van der Waals surface area contributed by atoms with E-state index in [4.69, 9.17) is 19.3 Å². The third kappa shape index (κ3) is 6.15. The van der Waals surface area contributed by atoms with Gasteiger partial charge in [-0.1, -0.05) is 0 Å². The lowest BCUT2D eigenvalue weighted by molar-refractivity contribution is -0.146. The number of carbonyl (C=O) groups excluding carboxylic acids is 3. The Labute approximate surface area is 178 Å². The van der Waals surface area contributed by atoms with E-state index in [0.717, 1.165) is 0 Å². The predicted octanol–water partition coefficient (Wildman–Crippen LogP) is 3.63. The molecule has 0 spiro atoms. The molecular formula is C23H22O8. The highest BCUT2D eigenvalue weighted by Gasteiger charge is 2.30. The highest BCUT2D eigenvalue weighted by atomic mass is 16.5. The smallest absolute Gasteiger partial charge is 0.343 e. The Morgan fingerprint density at radius 3 is 1.68 bits per heavy atom. The first kappa shape index (κ1) is 22.0. The zero-order valence-electron chi connectivity index (χ0n) is 16.9. The van der Waals surface area contributed by atoms with Crippen LogP contribution >= 0.6 is 0 Å². The van der Waals surface area contributed by atoms with Crippen molar-refractivity contribution in [2.45, 2.75) is 32.6 Å². The topological polar surface area (TPSA) is 116 Å². The second-order valence-electron chi connectivity index (χ2n) is 7.29. The van der Waals surface area contributed by atoms with Crippen LogP contribution in [-0.2, 0) is 14.4 Å². The first-order chi connectivity index (χ1) is 14.8. The Morgan fingerprint density at radius 2 is 1.16 bits per heavy atom. The SMILES string of the molecule is CC(=O)Oc1ccc(C(=O)Oc2ccc(OC(=O)C3CCC(C(=O)O)CC3)cc2)cc1. The number of hydrogen-bond acceptors (Lipinski definition) is 7. The van der Waals surface area contributed by atoms with Crippen LogP contribution < -0.4 is 14.2 Å². The Balaban J connectivity index is 1.52. The van der Waals surface area contributed by atoms with Crippen LogP contribution in [0.1, 0.15) is 43.0 Å². The van der Waals surface area contributed by atoms with Crippen LogP contribution in [0, 0.1) is 11.8 Å². The summed E-state index contributed by atoms with van der Waals surface area (Å²) in [6.45, 7) is 1.28. The molecule has 1 N–H and O–H groups in total. The summed E-state index contributed by atoms with van der Waals surface area (Å²) in [7, 11) is 0. The first-order valence-electron chi connectivity index (χ1n) is 9.87. The van der Waals surface area contributed by atoms with E-state index in [2.05, 4.69) is 0 Å². The van der Waals surface area contributed by atoms with Gasteiger partial charge in [-0.25, -0.2) is 4.79 Å². The van der Waals surface area contributed by atoms with Crippen molar-refractivity contribution in [3.05, 3.63) is 54.1 Å². The summed E-state index contributed by atoms with van der Waals surface area (Å²) < 4.78 is 15.6. The molecule has 2 aromatic carbocycles. The molecule has 0 amide bonds. The summed E-state index contributed by atoms with van der Waals surface area (Å²) in [6.07, 6.45) is 1.90. The molecule has 0 aromatic heterocycles. The highest BCUT2D eigenvalue weighted by Crippen LogP contribution is 2.30.